The molecule has 0 fully saturated rings. The van der Waals surface area contributed by atoms with Gasteiger partial charge in [0.2, 0.25) is 0 Å². The molecule has 0 aliphatic carbocycles. The Labute approximate surface area is 133 Å². The third-order valence-electron chi connectivity index (χ3n) is 2.81. The second-order valence-electron chi connectivity index (χ2n) is 6.02. The van der Waals surface area contributed by atoms with Crippen LogP contribution in [0.2, 0.25) is 0 Å². The van der Waals surface area contributed by atoms with Gasteiger partial charge in [0.1, 0.15) is 0 Å². The minimum absolute atomic E-state index is 0.560. The molecule has 0 atom stereocenters. The number of hydrogen-bond donors (Lipinski definition) is 1. The fraction of sp³-hybridized carbons (Fsp3) is 0.562. The average Bonchev–Trinajstić information content (AvgIpc) is 2.43. The summed E-state index contributed by atoms with van der Waals surface area (Å²) < 4.78 is 0. The van der Waals surface area contributed by atoms with E-state index in [-0.39, 0.29) is 0 Å². The molecule has 0 unspecified atom stereocenters. The van der Waals surface area contributed by atoms with Crippen molar-refractivity contribution < 1.29 is 0 Å². The highest BCUT2D eigenvalue weighted by atomic mass is 32.1. The SMILES string of the molecule is C/C(=N\NC(=S)N(CC(C)C)CC(C)C)c1ccccn1. The summed E-state index contributed by atoms with van der Waals surface area (Å²) in [6.07, 6.45) is 1.76. The molecule has 0 spiro atoms. The monoisotopic (exact) mass is 306 g/mol. The number of nitrogens with zero attached hydrogens (tertiary/aromatic N) is 3. The van der Waals surface area contributed by atoms with Crippen LogP contribution in [-0.2, 0) is 0 Å². The summed E-state index contributed by atoms with van der Waals surface area (Å²) in [5.41, 5.74) is 4.68. The van der Waals surface area contributed by atoms with Crippen LogP contribution in [0.4, 0.5) is 0 Å². The van der Waals surface area contributed by atoms with Crippen molar-refractivity contribution in [2.75, 3.05) is 13.1 Å². The molecule has 0 radical (unpaired) electrons. The van der Waals surface area contributed by atoms with Crippen molar-refractivity contribution in [2.24, 2.45) is 16.9 Å². The second-order valence-corrected chi connectivity index (χ2v) is 6.41. The largest absolute Gasteiger partial charge is 0.347 e. The Kier molecular flexibility index (Phi) is 7.29. The topological polar surface area (TPSA) is 40.5 Å². The Morgan fingerprint density at radius 2 is 1.86 bits per heavy atom. The van der Waals surface area contributed by atoms with E-state index in [0.29, 0.717) is 16.9 Å². The molecule has 1 rings (SSSR count). The fourth-order valence-corrected chi connectivity index (χ4v) is 2.15. The number of hydrogen-bond acceptors (Lipinski definition) is 3. The Morgan fingerprint density at radius 3 is 2.33 bits per heavy atom. The summed E-state index contributed by atoms with van der Waals surface area (Å²) in [7, 11) is 0. The lowest BCUT2D eigenvalue weighted by Gasteiger charge is -2.28. The number of pyridine rings is 1. The first-order chi connectivity index (χ1) is 9.90. The summed E-state index contributed by atoms with van der Waals surface area (Å²) in [5, 5.41) is 5.02. The van der Waals surface area contributed by atoms with Gasteiger partial charge in [-0.3, -0.25) is 10.4 Å². The minimum Gasteiger partial charge on any atom is -0.347 e. The first-order valence-corrected chi connectivity index (χ1v) is 7.81. The van der Waals surface area contributed by atoms with Gasteiger partial charge in [-0.15, -0.1) is 0 Å². The standard InChI is InChI=1S/C16H26N4S/c1-12(2)10-20(11-13(3)4)16(21)19-18-14(5)15-8-6-7-9-17-15/h6-9,12-13H,10-11H2,1-5H3,(H,19,21)/b18-14+. The van der Waals surface area contributed by atoms with Crippen LogP contribution in [0, 0.1) is 11.8 Å². The van der Waals surface area contributed by atoms with Crippen LogP contribution in [0.15, 0.2) is 29.5 Å². The van der Waals surface area contributed by atoms with Crippen LogP contribution in [-0.4, -0.2) is 33.8 Å². The predicted molar refractivity (Wildman–Crippen MR) is 93.4 cm³/mol. The highest BCUT2D eigenvalue weighted by Gasteiger charge is 2.12. The van der Waals surface area contributed by atoms with Gasteiger partial charge in [0.15, 0.2) is 5.11 Å². The zero-order chi connectivity index (χ0) is 15.8. The normalized spacial score (nSPS) is 11.9. The Bertz CT molecular complexity index is 458. The molecule has 21 heavy (non-hydrogen) atoms. The number of aromatic nitrogens is 1. The summed E-state index contributed by atoms with van der Waals surface area (Å²) in [4.78, 5) is 6.45. The molecule has 0 saturated carbocycles. The van der Waals surface area contributed by atoms with Crippen molar-refractivity contribution in [3.05, 3.63) is 30.1 Å². The number of nitrogens with one attached hydrogen (secondary N) is 1. The molecule has 1 aromatic rings. The number of rotatable bonds is 6. The zero-order valence-corrected chi connectivity index (χ0v) is 14.4. The first-order valence-electron chi connectivity index (χ1n) is 7.40. The lowest BCUT2D eigenvalue weighted by Crippen LogP contribution is -2.42. The maximum absolute atomic E-state index is 5.47. The summed E-state index contributed by atoms with van der Waals surface area (Å²) in [5.74, 6) is 1.12. The highest BCUT2D eigenvalue weighted by molar-refractivity contribution is 7.80. The van der Waals surface area contributed by atoms with Crippen molar-refractivity contribution in [1.82, 2.24) is 15.3 Å². The third-order valence-corrected chi connectivity index (χ3v) is 3.16. The van der Waals surface area contributed by atoms with Gasteiger partial charge in [0.25, 0.3) is 0 Å². The van der Waals surface area contributed by atoms with Crippen LogP contribution >= 0.6 is 12.2 Å². The molecule has 0 amide bonds. The van der Waals surface area contributed by atoms with E-state index in [9.17, 15) is 0 Å². The van der Waals surface area contributed by atoms with E-state index in [4.69, 9.17) is 12.2 Å². The quantitative estimate of drug-likeness (QED) is 0.497. The Morgan fingerprint density at radius 1 is 1.24 bits per heavy atom. The predicted octanol–water partition coefficient (Wildman–Crippen LogP) is 3.29. The molecule has 5 heteroatoms. The number of hydrazone groups is 1. The van der Waals surface area contributed by atoms with Crippen molar-refractivity contribution in [2.45, 2.75) is 34.6 Å². The summed E-state index contributed by atoms with van der Waals surface area (Å²) in [6, 6.07) is 5.77. The molecule has 1 aromatic heterocycles. The number of thiocarbonyl (C=S) groups is 1. The summed E-state index contributed by atoms with van der Waals surface area (Å²) in [6.45, 7) is 12.6. The van der Waals surface area contributed by atoms with Gasteiger partial charge in [-0.1, -0.05) is 33.8 Å². The second kappa shape index (κ2) is 8.72. The van der Waals surface area contributed by atoms with Crippen LogP contribution in [0.1, 0.15) is 40.3 Å². The van der Waals surface area contributed by atoms with Gasteiger partial charge < -0.3 is 4.90 Å². The fourth-order valence-electron chi connectivity index (χ4n) is 1.96. The van der Waals surface area contributed by atoms with Gasteiger partial charge in [-0.2, -0.15) is 5.10 Å². The molecule has 116 valence electrons. The Balaban J connectivity index is 2.68. The van der Waals surface area contributed by atoms with E-state index < -0.39 is 0 Å². The van der Waals surface area contributed by atoms with E-state index in [1.54, 1.807) is 6.20 Å². The van der Waals surface area contributed by atoms with E-state index >= 15 is 0 Å². The molecule has 0 saturated heterocycles. The van der Waals surface area contributed by atoms with Gasteiger partial charge >= 0.3 is 0 Å². The smallest absolute Gasteiger partial charge is 0.189 e. The first kappa shape index (κ1) is 17.6. The van der Waals surface area contributed by atoms with E-state index in [0.717, 1.165) is 24.5 Å². The lowest BCUT2D eigenvalue weighted by molar-refractivity contribution is 0.324. The van der Waals surface area contributed by atoms with Gasteiger partial charge in [0.05, 0.1) is 11.4 Å². The highest BCUT2D eigenvalue weighted by Crippen LogP contribution is 2.05. The minimum atomic E-state index is 0.560. The molecule has 1 heterocycles. The Hall–Kier alpha value is -1.49. The molecule has 0 bridgehead atoms. The van der Waals surface area contributed by atoms with Crippen molar-refractivity contribution in [3.63, 3.8) is 0 Å². The van der Waals surface area contributed by atoms with Crippen molar-refractivity contribution >= 4 is 23.0 Å². The average molecular weight is 306 g/mol. The van der Waals surface area contributed by atoms with Crippen LogP contribution < -0.4 is 5.43 Å². The van der Waals surface area contributed by atoms with Crippen LogP contribution in [0.5, 0.6) is 0 Å². The van der Waals surface area contributed by atoms with E-state index in [1.165, 1.54) is 0 Å². The third kappa shape index (κ3) is 6.67. The van der Waals surface area contributed by atoms with Crippen molar-refractivity contribution in [3.8, 4) is 0 Å². The van der Waals surface area contributed by atoms with Crippen molar-refractivity contribution in [1.29, 1.82) is 0 Å². The molecule has 0 aromatic carbocycles. The van der Waals surface area contributed by atoms with E-state index in [1.807, 2.05) is 25.1 Å². The van der Waals surface area contributed by atoms with Gasteiger partial charge in [-0.05, 0) is 43.1 Å². The molecular formula is C16H26N4S. The molecule has 0 aliphatic heterocycles. The van der Waals surface area contributed by atoms with Gasteiger partial charge in [-0.25, -0.2) is 0 Å². The van der Waals surface area contributed by atoms with Gasteiger partial charge in [0, 0.05) is 19.3 Å². The summed E-state index contributed by atoms with van der Waals surface area (Å²) >= 11 is 5.47. The molecular weight excluding hydrogens is 280 g/mol. The van der Waals surface area contributed by atoms with Crippen LogP contribution in [0.3, 0.4) is 0 Å². The molecule has 0 aliphatic rings. The molecule has 4 nitrogen and oxygen atoms in total. The maximum atomic E-state index is 5.47. The maximum Gasteiger partial charge on any atom is 0.189 e. The van der Waals surface area contributed by atoms with Crippen LogP contribution in [0.25, 0.3) is 0 Å². The molecule has 1 N–H and O–H groups in total. The lowest BCUT2D eigenvalue weighted by atomic mass is 10.1. The zero-order valence-electron chi connectivity index (χ0n) is 13.6. The van der Waals surface area contributed by atoms with E-state index in [2.05, 4.69) is 48.1 Å².